The van der Waals surface area contributed by atoms with E-state index >= 15 is 0 Å². The molecule has 0 spiro atoms. The van der Waals surface area contributed by atoms with Gasteiger partial charge in [0.05, 0.1) is 0 Å². The van der Waals surface area contributed by atoms with Crippen LogP contribution >= 0.6 is 0 Å². The topological polar surface area (TPSA) is 3.24 Å². The summed E-state index contributed by atoms with van der Waals surface area (Å²) in [4.78, 5) is 2.80. The zero-order valence-corrected chi connectivity index (χ0v) is 11.3. The second-order valence-corrected chi connectivity index (χ2v) is 5.71. The van der Waals surface area contributed by atoms with Gasteiger partial charge in [0.15, 0.2) is 0 Å². The summed E-state index contributed by atoms with van der Waals surface area (Å²) in [5, 5.41) is 0. The molecule has 15 heavy (non-hydrogen) atoms. The molecule has 1 atom stereocenters. The number of rotatable bonds is 5. The quantitative estimate of drug-likeness (QED) is 0.662. The third-order valence-corrected chi connectivity index (χ3v) is 4.52. The summed E-state index contributed by atoms with van der Waals surface area (Å²) in [5.41, 5.74) is 0.499. The molecular formula is C14H29N. The molecule has 0 aromatic rings. The summed E-state index contributed by atoms with van der Waals surface area (Å²) in [6, 6.07) is 1.65. The SMILES string of the molecule is CCC(CC)N1CCC[C@H]1C(C)(C)CC. The Kier molecular flexibility index (Phi) is 4.64. The fourth-order valence-corrected chi connectivity index (χ4v) is 3.06. The minimum Gasteiger partial charge on any atom is -0.297 e. The summed E-state index contributed by atoms with van der Waals surface area (Å²) in [5.74, 6) is 0. The number of hydrogen-bond acceptors (Lipinski definition) is 1. The van der Waals surface area contributed by atoms with Crippen molar-refractivity contribution in [1.29, 1.82) is 0 Å². The molecule has 0 aromatic heterocycles. The Bertz CT molecular complexity index is 182. The van der Waals surface area contributed by atoms with Crippen LogP contribution in [0.1, 0.15) is 66.7 Å². The van der Waals surface area contributed by atoms with E-state index in [0.29, 0.717) is 5.41 Å². The van der Waals surface area contributed by atoms with Crippen molar-refractivity contribution in [3.8, 4) is 0 Å². The molecule has 0 aliphatic carbocycles. The highest BCUT2D eigenvalue weighted by Gasteiger charge is 2.38. The lowest BCUT2D eigenvalue weighted by molar-refractivity contribution is 0.0785. The van der Waals surface area contributed by atoms with E-state index < -0.39 is 0 Å². The monoisotopic (exact) mass is 211 g/mol. The van der Waals surface area contributed by atoms with Gasteiger partial charge in [-0.05, 0) is 44.1 Å². The van der Waals surface area contributed by atoms with Crippen molar-refractivity contribution < 1.29 is 0 Å². The molecule has 1 nitrogen and oxygen atoms in total. The molecule has 1 fully saturated rings. The first-order valence-electron chi connectivity index (χ1n) is 6.82. The molecule has 1 aliphatic heterocycles. The van der Waals surface area contributed by atoms with Crippen molar-refractivity contribution in [2.24, 2.45) is 5.41 Å². The molecule has 90 valence electrons. The van der Waals surface area contributed by atoms with Crippen LogP contribution in [0.2, 0.25) is 0 Å². The Morgan fingerprint density at radius 1 is 1.20 bits per heavy atom. The predicted octanol–water partition coefficient (Wildman–Crippen LogP) is 4.08. The van der Waals surface area contributed by atoms with Crippen LogP contribution in [0.15, 0.2) is 0 Å². The van der Waals surface area contributed by atoms with Crippen molar-refractivity contribution in [3.05, 3.63) is 0 Å². The van der Waals surface area contributed by atoms with Gasteiger partial charge >= 0.3 is 0 Å². The maximum Gasteiger partial charge on any atom is 0.0150 e. The fourth-order valence-electron chi connectivity index (χ4n) is 3.06. The average molecular weight is 211 g/mol. The van der Waals surface area contributed by atoms with Crippen molar-refractivity contribution in [1.82, 2.24) is 4.90 Å². The highest BCUT2D eigenvalue weighted by Crippen LogP contribution is 2.37. The molecule has 0 aromatic carbocycles. The van der Waals surface area contributed by atoms with E-state index in [4.69, 9.17) is 0 Å². The Morgan fingerprint density at radius 2 is 1.80 bits per heavy atom. The summed E-state index contributed by atoms with van der Waals surface area (Å²) < 4.78 is 0. The van der Waals surface area contributed by atoms with Crippen LogP contribution in [0.5, 0.6) is 0 Å². The third-order valence-electron chi connectivity index (χ3n) is 4.52. The van der Waals surface area contributed by atoms with Gasteiger partial charge < -0.3 is 0 Å². The lowest BCUT2D eigenvalue weighted by atomic mass is 9.80. The standard InChI is InChI=1S/C14H29N/c1-6-12(7-2)15-11-9-10-13(15)14(4,5)8-3/h12-13H,6-11H2,1-5H3/t13-/m0/s1. The van der Waals surface area contributed by atoms with Gasteiger partial charge in [0.2, 0.25) is 0 Å². The number of nitrogens with zero attached hydrogens (tertiary/aromatic N) is 1. The molecule has 1 heteroatoms. The second kappa shape index (κ2) is 5.34. The largest absolute Gasteiger partial charge is 0.297 e. The maximum atomic E-state index is 2.80. The predicted molar refractivity (Wildman–Crippen MR) is 68.2 cm³/mol. The summed E-state index contributed by atoms with van der Waals surface area (Å²) >= 11 is 0. The van der Waals surface area contributed by atoms with E-state index in [9.17, 15) is 0 Å². The van der Waals surface area contributed by atoms with E-state index in [1.54, 1.807) is 0 Å². The summed E-state index contributed by atoms with van der Waals surface area (Å²) in [6.45, 7) is 13.2. The van der Waals surface area contributed by atoms with Crippen molar-refractivity contribution >= 4 is 0 Å². The summed E-state index contributed by atoms with van der Waals surface area (Å²) in [6.07, 6.45) is 6.75. The van der Waals surface area contributed by atoms with E-state index in [0.717, 1.165) is 12.1 Å². The third kappa shape index (κ3) is 2.75. The maximum absolute atomic E-state index is 2.80. The average Bonchev–Trinajstić information content (AvgIpc) is 2.69. The van der Waals surface area contributed by atoms with Crippen LogP contribution in [0.4, 0.5) is 0 Å². The Morgan fingerprint density at radius 3 is 2.27 bits per heavy atom. The Labute approximate surface area is 96.2 Å². The molecule has 1 rings (SSSR count). The minimum atomic E-state index is 0.499. The van der Waals surface area contributed by atoms with Gasteiger partial charge in [-0.2, -0.15) is 0 Å². The summed E-state index contributed by atoms with van der Waals surface area (Å²) in [7, 11) is 0. The van der Waals surface area contributed by atoms with Crippen LogP contribution in [0.25, 0.3) is 0 Å². The van der Waals surface area contributed by atoms with E-state index in [2.05, 4.69) is 39.5 Å². The van der Waals surface area contributed by atoms with Gasteiger partial charge in [-0.25, -0.2) is 0 Å². The lowest BCUT2D eigenvalue weighted by Crippen LogP contribution is -2.45. The number of likely N-dealkylation sites (tertiary alicyclic amines) is 1. The zero-order chi connectivity index (χ0) is 11.5. The normalized spacial score (nSPS) is 24.0. The van der Waals surface area contributed by atoms with Crippen molar-refractivity contribution in [3.63, 3.8) is 0 Å². The molecule has 0 amide bonds. The minimum absolute atomic E-state index is 0.499. The molecule has 0 saturated carbocycles. The van der Waals surface area contributed by atoms with Gasteiger partial charge in [-0.3, -0.25) is 4.90 Å². The lowest BCUT2D eigenvalue weighted by Gasteiger charge is -2.41. The molecule has 0 N–H and O–H groups in total. The van der Waals surface area contributed by atoms with E-state index in [1.165, 1.54) is 38.6 Å². The first-order chi connectivity index (χ1) is 7.06. The molecule has 1 heterocycles. The van der Waals surface area contributed by atoms with Crippen LogP contribution in [0.3, 0.4) is 0 Å². The Hall–Kier alpha value is -0.0400. The molecule has 0 unspecified atom stereocenters. The molecule has 0 bridgehead atoms. The van der Waals surface area contributed by atoms with Crippen LogP contribution in [-0.4, -0.2) is 23.5 Å². The highest BCUT2D eigenvalue weighted by molar-refractivity contribution is 4.92. The first-order valence-corrected chi connectivity index (χ1v) is 6.82. The smallest absolute Gasteiger partial charge is 0.0150 e. The van der Waals surface area contributed by atoms with Crippen LogP contribution in [0, 0.1) is 5.41 Å². The van der Waals surface area contributed by atoms with Crippen molar-refractivity contribution in [2.75, 3.05) is 6.54 Å². The van der Waals surface area contributed by atoms with Crippen LogP contribution in [-0.2, 0) is 0 Å². The van der Waals surface area contributed by atoms with Crippen molar-refractivity contribution in [2.45, 2.75) is 78.8 Å². The van der Waals surface area contributed by atoms with Gasteiger partial charge in [0, 0.05) is 12.1 Å². The van der Waals surface area contributed by atoms with Gasteiger partial charge in [0.1, 0.15) is 0 Å². The molecule has 1 aliphatic rings. The number of hydrogen-bond donors (Lipinski definition) is 0. The van der Waals surface area contributed by atoms with Crippen LogP contribution < -0.4 is 0 Å². The molecule has 0 radical (unpaired) electrons. The fraction of sp³-hybridized carbons (Fsp3) is 1.00. The first kappa shape index (κ1) is 13.0. The van der Waals surface area contributed by atoms with E-state index in [-0.39, 0.29) is 0 Å². The molecule has 1 saturated heterocycles. The van der Waals surface area contributed by atoms with Gasteiger partial charge in [-0.15, -0.1) is 0 Å². The molecular weight excluding hydrogens is 182 g/mol. The highest BCUT2D eigenvalue weighted by atomic mass is 15.2. The zero-order valence-electron chi connectivity index (χ0n) is 11.3. The van der Waals surface area contributed by atoms with Gasteiger partial charge in [0.25, 0.3) is 0 Å². The van der Waals surface area contributed by atoms with E-state index in [1.807, 2.05) is 0 Å². The second-order valence-electron chi connectivity index (χ2n) is 5.71. The van der Waals surface area contributed by atoms with Gasteiger partial charge in [-0.1, -0.05) is 34.6 Å². The Balaban J connectivity index is 2.72.